The molecule has 2 aromatic carbocycles. The Kier molecular flexibility index (Phi) is 4.60. The highest BCUT2D eigenvalue weighted by molar-refractivity contribution is 9.10. The molecule has 0 aromatic heterocycles. The minimum atomic E-state index is -0.593. The van der Waals surface area contributed by atoms with Crippen LogP contribution in [-0.2, 0) is 0 Å². The van der Waals surface area contributed by atoms with Gasteiger partial charge >= 0.3 is 0 Å². The summed E-state index contributed by atoms with van der Waals surface area (Å²) >= 11 is 12.1. The number of carbonyl (C=O) groups excluding carboxylic acids is 1. The van der Waals surface area contributed by atoms with Gasteiger partial charge < -0.3 is 5.32 Å². The van der Waals surface area contributed by atoms with Crippen molar-refractivity contribution in [3.63, 3.8) is 0 Å². The fourth-order valence-electron chi connectivity index (χ4n) is 1.46. The van der Waals surface area contributed by atoms with Crippen molar-refractivity contribution in [1.82, 2.24) is 0 Å². The van der Waals surface area contributed by atoms with Crippen LogP contribution in [0.5, 0.6) is 0 Å². The summed E-state index contributed by atoms with van der Waals surface area (Å²) < 4.78 is 14.7. The molecule has 0 radical (unpaired) electrons. The topological polar surface area (TPSA) is 29.1 Å². The zero-order chi connectivity index (χ0) is 14.0. The maximum Gasteiger partial charge on any atom is 0.258 e. The zero-order valence-corrected chi connectivity index (χ0v) is 13.3. The molecule has 0 bridgehead atoms. The summed E-state index contributed by atoms with van der Waals surface area (Å²) in [7, 11) is 0. The van der Waals surface area contributed by atoms with E-state index in [0.717, 1.165) is 0 Å². The molecule has 0 aliphatic carbocycles. The lowest BCUT2D eigenvalue weighted by molar-refractivity contribution is 0.102. The fourth-order valence-corrected chi connectivity index (χ4v) is 2.61. The minimum absolute atomic E-state index is 0.0313. The van der Waals surface area contributed by atoms with Gasteiger partial charge in [-0.05, 0) is 62.2 Å². The molecule has 0 heterocycles. The summed E-state index contributed by atoms with van der Waals surface area (Å²) in [6.07, 6.45) is 0. The predicted octanol–water partition coefficient (Wildman–Crippen LogP) is 5.26. The average Bonchev–Trinajstić information content (AvgIpc) is 2.36. The summed E-state index contributed by atoms with van der Waals surface area (Å²) in [5.41, 5.74) is 0.491. The van der Waals surface area contributed by atoms with Crippen LogP contribution in [0, 0.1) is 5.82 Å². The summed E-state index contributed by atoms with van der Waals surface area (Å²) in [6, 6.07) is 9.47. The van der Waals surface area contributed by atoms with Crippen molar-refractivity contribution in [3.05, 3.63) is 61.7 Å². The summed E-state index contributed by atoms with van der Waals surface area (Å²) in [4.78, 5) is 12.0. The largest absolute Gasteiger partial charge is 0.321 e. The Labute approximate surface area is 131 Å². The van der Waals surface area contributed by atoms with Crippen LogP contribution < -0.4 is 5.32 Å². The van der Waals surface area contributed by atoms with Crippen LogP contribution >= 0.6 is 43.5 Å². The molecule has 0 fully saturated rings. The average molecular weight is 407 g/mol. The number of nitrogens with one attached hydrogen (secondary N) is 1. The first kappa shape index (κ1) is 14.5. The first-order valence-electron chi connectivity index (χ1n) is 5.19. The zero-order valence-electron chi connectivity index (χ0n) is 9.38. The van der Waals surface area contributed by atoms with Crippen LogP contribution in [0.25, 0.3) is 0 Å². The Morgan fingerprint density at radius 1 is 1.16 bits per heavy atom. The van der Waals surface area contributed by atoms with Crippen molar-refractivity contribution < 1.29 is 9.18 Å². The SMILES string of the molecule is O=C(Nc1ccc(Cl)cc1Br)c1cccc(Br)c1F. The van der Waals surface area contributed by atoms with Crippen LogP contribution in [0.4, 0.5) is 10.1 Å². The van der Waals surface area contributed by atoms with Gasteiger partial charge in [0.15, 0.2) is 0 Å². The van der Waals surface area contributed by atoms with E-state index in [1.54, 1.807) is 24.3 Å². The number of anilines is 1. The lowest BCUT2D eigenvalue weighted by atomic mass is 10.2. The Balaban J connectivity index is 2.28. The second-order valence-corrected chi connectivity index (χ2v) is 5.82. The van der Waals surface area contributed by atoms with E-state index < -0.39 is 11.7 Å². The van der Waals surface area contributed by atoms with E-state index >= 15 is 0 Å². The highest BCUT2D eigenvalue weighted by Crippen LogP contribution is 2.27. The third kappa shape index (κ3) is 3.35. The Hall–Kier alpha value is -0.910. The highest BCUT2D eigenvalue weighted by atomic mass is 79.9. The number of benzene rings is 2. The van der Waals surface area contributed by atoms with Gasteiger partial charge in [-0.25, -0.2) is 4.39 Å². The number of carbonyl (C=O) groups is 1. The van der Waals surface area contributed by atoms with Gasteiger partial charge in [-0.15, -0.1) is 0 Å². The monoisotopic (exact) mass is 405 g/mol. The van der Waals surface area contributed by atoms with E-state index in [1.165, 1.54) is 12.1 Å². The standard InChI is InChI=1S/C13H7Br2ClFNO/c14-9-3-1-2-8(12(9)17)13(19)18-11-5-4-7(16)6-10(11)15/h1-6H,(H,18,19). The van der Waals surface area contributed by atoms with Gasteiger partial charge in [-0.1, -0.05) is 17.7 Å². The molecule has 0 aliphatic rings. The van der Waals surface area contributed by atoms with E-state index in [0.29, 0.717) is 15.2 Å². The molecule has 19 heavy (non-hydrogen) atoms. The van der Waals surface area contributed by atoms with Gasteiger partial charge in [0, 0.05) is 9.50 Å². The lowest BCUT2D eigenvalue weighted by Gasteiger charge is -2.09. The van der Waals surface area contributed by atoms with E-state index in [2.05, 4.69) is 37.2 Å². The molecule has 0 saturated carbocycles. The quantitative estimate of drug-likeness (QED) is 0.723. The first-order chi connectivity index (χ1) is 8.99. The van der Waals surface area contributed by atoms with Gasteiger partial charge in [0.1, 0.15) is 5.82 Å². The van der Waals surface area contributed by atoms with E-state index in [4.69, 9.17) is 11.6 Å². The normalized spacial score (nSPS) is 10.3. The number of rotatable bonds is 2. The van der Waals surface area contributed by atoms with Gasteiger partial charge in [0.2, 0.25) is 0 Å². The van der Waals surface area contributed by atoms with Crippen LogP contribution in [0.3, 0.4) is 0 Å². The fraction of sp³-hybridized carbons (Fsp3) is 0. The number of amides is 1. The molecule has 6 heteroatoms. The van der Waals surface area contributed by atoms with Gasteiger partial charge in [0.25, 0.3) is 5.91 Å². The molecule has 0 spiro atoms. The second kappa shape index (κ2) is 6.03. The van der Waals surface area contributed by atoms with Crippen LogP contribution in [0.1, 0.15) is 10.4 Å². The Morgan fingerprint density at radius 2 is 1.89 bits per heavy atom. The molecule has 0 atom stereocenters. The molecule has 98 valence electrons. The van der Waals surface area contributed by atoms with E-state index in [9.17, 15) is 9.18 Å². The first-order valence-corrected chi connectivity index (χ1v) is 7.16. The predicted molar refractivity (Wildman–Crippen MR) is 81.2 cm³/mol. The van der Waals surface area contributed by atoms with E-state index in [1.807, 2.05) is 0 Å². The van der Waals surface area contributed by atoms with Crippen LogP contribution in [0.15, 0.2) is 45.3 Å². The smallest absolute Gasteiger partial charge is 0.258 e. The lowest BCUT2D eigenvalue weighted by Crippen LogP contribution is -2.14. The highest BCUT2D eigenvalue weighted by Gasteiger charge is 2.15. The van der Waals surface area contributed by atoms with Crippen molar-refractivity contribution in [1.29, 1.82) is 0 Å². The summed E-state index contributed by atoms with van der Waals surface area (Å²) in [5, 5.41) is 3.16. The third-order valence-corrected chi connectivity index (χ3v) is 3.88. The van der Waals surface area contributed by atoms with Gasteiger partial charge in [0.05, 0.1) is 15.7 Å². The third-order valence-electron chi connectivity index (χ3n) is 2.38. The molecule has 0 unspecified atom stereocenters. The Morgan fingerprint density at radius 3 is 2.58 bits per heavy atom. The maximum atomic E-state index is 13.8. The van der Waals surface area contributed by atoms with Crippen LogP contribution in [-0.4, -0.2) is 5.91 Å². The van der Waals surface area contributed by atoms with Crippen LogP contribution in [0.2, 0.25) is 5.02 Å². The maximum absolute atomic E-state index is 13.8. The summed E-state index contributed by atoms with van der Waals surface area (Å²) in [6.45, 7) is 0. The molecule has 2 nitrogen and oxygen atoms in total. The Bertz CT molecular complexity index is 649. The molecule has 1 amide bonds. The van der Waals surface area contributed by atoms with Crippen molar-refractivity contribution in [2.75, 3.05) is 5.32 Å². The number of halogens is 4. The molecule has 2 rings (SSSR count). The van der Waals surface area contributed by atoms with Crippen molar-refractivity contribution in [2.45, 2.75) is 0 Å². The van der Waals surface area contributed by atoms with Crippen molar-refractivity contribution >= 4 is 55.1 Å². The molecule has 1 N–H and O–H groups in total. The number of hydrogen-bond acceptors (Lipinski definition) is 1. The van der Waals surface area contributed by atoms with Crippen molar-refractivity contribution in [2.24, 2.45) is 0 Å². The second-order valence-electron chi connectivity index (χ2n) is 3.68. The number of hydrogen-bond donors (Lipinski definition) is 1. The molecular weight excluding hydrogens is 400 g/mol. The molecular formula is C13H7Br2ClFNO. The van der Waals surface area contributed by atoms with Gasteiger partial charge in [-0.2, -0.15) is 0 Å². The molecule has 0 aliphatic heterocycles. The van der Waals surface area contributed by atoms with E-state index in [-0.39, 0.29) is 10.0 Å². The van der Waals surface area contributed by atoms with Gasteiger partial charge in [-0.3, -0.25) is 4.79 Å². The molecule has 0 saturated heterocycles. The molecule has 2 aromatic rings. The summed E-state index contributed by atoms with van der Waals surface area (Å²) in [5.74, 6) is -1.12. The van der Waals surface area contributed by atoms with Crippen molar-refractivity contribution in [3.8, 4) is 0 Å². The minimum Gasteiger partial charge on any atom is -0.321 e.